The standard InChI is InChI=1S/C25H25FN2O2/c26-20-13-11-19(12-14-20)18-21-6-4-9-23(27-21)24-10-5-16-28(24)25(29)15-17-30-22-7-2-1-3-8-22/h1-4,6-9,11-14,24H,5,10,15-18H2. The van der Waals surface area contributed by atoms with Crippen molar-refractivity contribution in [2.45, 2.75) is 31.7 Å². The quantitative estimate of drug-likeness (QED) is 0.560. The number of likely N-dealkylation sites (tertiary alicyclic amines) is 1. The molecule has 30 heavy (non-hydrogen) atoms. The molecule has 0 N–H and O–H groups in total. The summed E-state index contributed by atoms with van der Waals surface area (Å²) in [6, 6.07) is 22.0. The van der Waals surface area contributed by atoms with Crippen molar-refractivity contribution in [2.24, 2.45) is 0 Å². The maximum atomic E-state index is 13.1. The van der Waals surface area contributed by atoms with Crippen LogP contribution in [0.4, 0.5) is 4.39 Å². The third-order valence-electron chi connectivity index (χ3n) is 5.37. The highest BCUT2D eigenvalue weighted by atomic mass is 19.1. The number of halogens is 1. The van der Waals surface area contributed by atoms with Crippen LogP contribution in [0, 0.1) is 5.82 Å². The van der Waals surface area contributed by atoms with E-state index in [0.717, 1.165) is 42.1 Å². The van der Waals surface area contributed by atoms with Crippen molar-refractivity contribution in [3.8, 4) is 5.75 Å². The molecule has 0 aliphatic carbocycles. The normalized spacial score (nSPS) is 15.9. The number of benzene rings is 2. The maximum absolute atomic E-state index is 13.1. The van der Waals surface area contributed by atoms with Gasteiger partial charge in [-0.2, -0.15) is 0 Å². The molecule has 4 rings (SSSR count). The maximum Gasteiger partial charge on any atom is 0.226 e. The van der Waals surface area contributed by atoms with Crippen LogP contribution in [0.3, 0.4) is 0 Å². The second-order valence-electron chi connectivity index (χ2n) is 7.51. The summed E-state index contributed by atoms with van der Waals surface area (Å²) in [6.45, 7) is 1.11. The number of carbonyl (C=O) groups is 1. The first-order valence-electron chi connectivity index (χ1n) is 10.4. The van der Waals surface area contributed by atoms with E-state index in [1.165, 1.54) is 12.1 Å². The van der Waals surface area contributed by atoms with Gasteiger partial charge in [-0.25, -0.2) is 4.39 Å². The first kappa shape index (κ1) is 20.1. The first-order valence-corrected chi connectivity index (χ1v) is 10.4. The van der Waals surface area contributed by atoms with E-state index < -0.39 is 0 Å². The van der Waals surface area contributed by atoms with Crippen LogP contribution in [0.5, 0.6) is 5.75 Å². The molecule has 0 saturated carbocycles. The molecular formula is C25H25FN2O2. The molecule has 1 aliphatic heterocycles. The molecule has 4 nitrogen and oxygen atoms in total. The number of para-hydroxylation sites is 1. The Hall–Kier alpha value is -3.21. The van der Waals surface area contributed by atoms with Crippen LogP contribution in [-0.4, -0.2) is 28.9 Å². The SMILES string of the molecule is O=C(CCOc1ccccc1)N1CCCC1c1cccc(Cc2ccc(F)cc2)n1. The molecule has 2 heterocycles. The van der Waals surface area contributed by atoms with Crippen LogP contribution >= 0.6 is 0 Å². The topological polar surface area (TPSA) is 42.4 Å². The van der Waals surface area contributed by atoms with E-state index in [2.05, 4.69) is 0 Å². The van der Waals surface area contributed by atoms with Crippen molar-refractivity contribution in [2.75, 3.05) is 13.2 Å². The Bertz CT molecular complexity index is 976. The summed E-state index contributed by atoms with van der Waals surface area (Å²) in [4.78, 5) is 19.6. The lowest BCUT2D eigenvalue weighted by atomic mass is 10.1. The summed E-state index contributed by atoms with van der Waals surface area (Å²) in [5.74, 6) is 0.634. The highest BCUT2D eigenvalue weighted by Crippen LogP contribution is 2.31. The second-order valence-corrected chi connectivity index (χ2v) is 7.51. The predicted octanol–water partition coefficient (Wildman–Crippen LogP) is 4.94. The number of hydrogen-bond acceptors (Lipinski definition) is 3. The predicted molar refractivity (Wildman–Crippen MR) is 114 cm³/mol. The number of hydrogen-bond donors (Lipinski definition) is 0. The van der Waals surface area contributed by atoms with E-state index >= 15 is 0 Å². The minimum absolute atomic E-state index is 0.00222. The molecule has 0 radical (unpaired) electrons. The van der Waals surface area contributed by atoms with Gasteiger partial charge in [0.1, 0.15) is 11.6 Å². The lowest BCUT2D eigenvalue weighted by Gasteiger charge is -2.25. The number of ether oxygens (including phenoxy) is 1. The van der Waals surface area contributed by atoms with Crippen molar-refractivity contribution < 1.29 is 13.9 Å². The largest absolute Gasteiger partial charge is 0.493 e. The molecule has 2 aromatic carbocycles. The van der Waals surface area contributed by atoms with Crippen molar-refractivity contribution >= 4 is 5.91 Å². The molecule has 0 bridgehead atoms. The summed E-state index contributed by atoms with van der Waals surface area (Å²) < 4.78 is 18.8. The molecule has 0 spiro atoms. The van der Waals surface area contributed by atoms with E-state index in [1.54, 1.807) is 12.1 Å². The van der Waals surface area contributed by atoms with Gasteiger partial charge in [-0.15, -0.1) is 0 Å². The Morgan fingerprint density at radius 3 is 2.63 bits per heavy atom. The Kier molecular flexibility index (Phi) is 6.38. The number of rotatable bonds is 7. The van der Waals surface area contributed by atoms with Gasteiger partial charge in [-0.3, -0.25) is 9.78 Å². The monoisotopic (exact) mass is 404 g/mol. The number of carbonyl (C=O) groups excluding carboxylic acids is 1. The zero-order chi connectivity index (χ0) is 20.8. The van der Waals surface area contributed by atoms with Gasteiger partial charge in [0.2, 0.25) is 5.91 Å². The minimum atomic E-state index is -0.239. The van der Waals surface area contributed by atoms with Gasteiger partial charge >= 0.3 is 0 Å². The van der Waals surface area contributed by atoms with E-state index in [9.17, 15) is 9.18 Å². The molecule has 1 unspecified atom stereocenters. The lowest BCUT2D eigenvalue weighted by Crippen LogP contribution is -2.32. The van der Waals surface area contributed by atoms with Crippen LogP contribution in [0.15, 0.2) is 72.8 Å². The summed E-state index contributed by atoms with van der Waals surface area (Å²) in [6.07, 6.45) is 2.87. The molecule has 1 amide bonds. The fraction of sp³-hybridized carbons (Fsp3) is 0.280. The van der Waals surface area contributed by atoms with E-state index in [4.69, 9.17) is 9.72 Å². The minimum Gasteiger partial charge on any atom is -0.493 e. The molecule has 3 aromatic rings. The summed E-state index contributed by atoms with van der Waals surface area (Å²) in [5, 5.41) is 0. The van der Waals surface area contributed by atoms with Gasteiger partial charge in [0, 0.05) is 18.7 Å². The lowest BCUT2D eigenvalue weighted by molar-refractivity contribution is -0.132. The van der Waals surface area contributed by atoms with Gasteiger partial charge < -0.3 is 9.64 Å². The first-order chi connectivity index (χ1) is 14.7. The third kappa shape index (κ3) is 5.03. The van der Waals surface area contributed by atoms with Gasteiger partial charge in [0.15, 0.2) is 0 Å². The van der Waals surface area contributed by atoms with Crippen molar-refractivity contribution in [1.82, 2.24) is 9.88 Å². The molecule has 5 heteroatoms. The zero-order valence-corrected chi connectivity index (χ0v) is 16.8. The zero-order valence-electron chi connectivity index (χ0n) is 16.8. The average Bonchev–Trinajstić information content (AvgIpc) is 3.26. The molecular weight excluding hydrogens is 379 g/mol. The van der Waals surface area contributed by atoms with Crippen molar-refractivity contribution in [3.05, 3.63) is 95.6 Å². The third-order valence-corrected chi connectivity index (χ3v) is 5.37. The van der Waals surface area contributed by atoms with Gasteiger partial charge in [0.05, 0.1) is 24.8 Å². The van der Waals surface area contributed by atoms with Crippen molar-refractivity contribution in [3.63, 3.8) is 0 Å². The molecule has 1 saturated heterocycles. The van der Waals surface area contributed by atoms with Gasteiger partial charge in [-0.1, -0.05) is 36.4 Å². The smallest absolute Gasteiger partial charge is 0.226 e. The Balaban J connectivity index is 1.38. The fourth-order valence-corrected chi connectivity index (χ4v) is 3.88. The van der Waals surface area contributed by atoms with E-state index in [-0.39, 0.29) is 17.8 Å². The van der Waals surface area contributed by atoms with E-state index in [1.807, 2.05) is 53.4 Å². The summed E-state index contributed by atoms with van der Waals surface area (Å²) in [5.41, 5.74) is 2.86. The number of amides is 1. The van der Waals surface area contributed by atoms with Crippen LogP contribution in [-0.2, 0) is 11.2 Å². The van der Waals surface area contributed by atoms with Crippen molar-refractivity contribution in [1.29, 1.82) is 0 Å². The highest BCUT2D eigenvalue weighted by molar-refractivity contribution is 5.77. The number of pyridine rings is 1. The van der Waals surface area contributed by atoms with E-state index in [0.29, 0.717) is 19.4 Å². The molecule has 1 atom stereocenters. The molecule has 1 aliphatic rings. The number of nitrogens with zero attached hydrogens (tertiary/aromatic N) is 2. The molecule has 1 aromatic heterocycles. The summed E-state index contributed by atoms with van der Waals surface area (Å²) in [7, 11) is 0. The van der Waals surface area contributed by atoms with Crippen LogP contribution in [0.1, 0.15) is 42.3 Å². The van der Waals surface area contributed by atoms with Gasteiger partial charge in [-0.05, 0) is 54.8 Å². The fourth-order valence-electron chi connectivity index (χ4n) is 3.88. The second kappa shape index (κ2) is 9.53. The summed E-state index contributed by atoms with van der Waals surface area (Å²) >= 11 is 0. The Labute approximate surface area is 176 Å². The average molecular weight is 404 g/mol. The highest BCUT2D eigenvalue weighted by Gasteiger charge is 2.30. The van der Waals surface area contributed by atoms with Gasteiger partial charge in [0.25, 0.3) is 0 Å². The Morgan fingerprint density at radius 2 is 1.83 bits per heavy atom. The number of aromatic nitrogens is 1. The molecule has 1 fully saturated rings. The van der Waals surface area contributed by atoms with Crippen LogP contribution < -0.4 is 4.74 Å². The Morgan fingerprint density at radius 1 is 1.03 bits per heavy atom. The van der Waals surface area contributed by atoms with Crippen LogP contribution in [0.25, 0.3) is 0 Å². The molecule has 154 valence electrons. The van der Waals surface area contributed by atoms with Crippen LogP contribution in [0.2, 0.25) is 0 Å².